The molecule has 1 aliphatic carbocycles. The van der Waals surface area contributed by atoms with Crippen LogP contribution in [0.3, 0.4) is 0 Å². The van der Waals surface area contributed by atoms with E-state index in [1.165, 1.54) is 41.5 Å². The van der Waals surface area contributed by atoms with Crippen LogP contribution in [0.15, 0.2) is 15.9 Å². The molecule has 14 heavy (non-hydrogen) atoms. The molecule has 2 atom stereocenters. The maximum absolute atomic E-state index is 5.98. The second-order valence-corrected chi connectivity index (χ2v) is 6.14. The van der Waals surface area contributed by atoms with E-state index in [9.17, 15) is 0 Å². The predicted molar refractivity (Wildman–Crippen MR) is 65.7 cm³/mol. The summed E-state index contributed by atoms with van der Waals surface area (Å²) in [5.74, 6) is 0.823. The van der Waals surface area contributed by atoms with Gasteiger partial charge in [0.2, 0.25) is 0 Å². The molecule has 78 valence electrons. The summed E-state index contributed by atoms with van der Waals surface area (Å²) in [5.41, 5.74) is 5.98. The molecule has 1 heterocycles. The second-order valence-electron chi connectivity index (χ2n) is 4.23. The highest BCUT2D eigenvalue weighted by Gasteiger charge is 2.19. The zero-order valence-corrected chi connectivity index (χ0v) is 10.6. The van der Waals surface area contributed by atoms with Crippen molar-refractivity contribution in [2.75, 3.05) is 0 Å². The van der Waals surface area contributed by atoms with Gasteiger partial charge in [-0.2, -0.15) is 0 Å². The topological polar surface area (TPSA) is 26.0 Å². The molecule has 0 aromatic carbocycles. The molecular formula is C11H16BrNS. The maximum Gasteiger partial charge on any atom is 0.0285 e. The van der Waals surface area contributed by atoms with E-state index in [-0.39, 0.29) is 0 Å². The van der Waals surface area contributed by atoms with E-state index in [2.05, 4.69) is 27.4 Å². The fourth-order valence-corrected chi connectivity index (χ4v) is 3.83. The predicted octanol–water partition coefficient (Wildman–Crippen LogP) is 3.57. The highest BCUT2D eigenvalue weighted by Crippen LogP contribution is 2.29. The summed E-state index contributed by atoms with van der Waals surface area (Å²) in [6, 6.07) is 2.70. The molecule has 2 N–H and O–H groups in total. The number of nitrogens with two attached hydrogens (primary N) is 1. The van der Waals surface area contributed by atoms with Crippen molar-refractivity contribution in [2.24, 2.45) is 11.7 Å². The average Bonchev–Trinajstić information content (AvgIpc) is 2.51. The van der Waals surface area contributed by atoms with Gasteiger partial charge in [-0.05, 0) is 53.6 Å². The van der Waals surface area contributed by atoms with Crippen LogP contribution in [-0.2, 0) is 6.42 Å². The van der Waals surface area contributed by atoms with E-state index in [1.54, 1.807) is 0 Å². The van der Waals surface area contributed by atoms with Crippen molar-refractivity contribution in [2.45, 2.75) is 38.1 Å². The highest BCUT2D eigenvalue weighted by atomic mass is 79.9. The summed E-state index contributed by atoms with van der Waals surface area (Å²) in [4.78, 5) is 1.50. The van der Waals surface area contributed by atoms with Crippen molar-refractivity contribution in [3.05, 3.63) is 20.8 Å². The van der Waals surface area contributed by atoms with Crippen LogP contribution in [0.25, 0.3) is 0 Å². The molecule has 0 radical (unpaired) electrons. The van der Waals surface area contributed by atoms with E-state index >= 15 is 0 Å². The van der Waals surface area contributed by atoms with Gasteiger partial charge in [-0.15, -0.1) is 11.3 Å². The number of hydrogen-bond donors (Lipinski definition) is 1. The first-order valence-corrected chi connectivity index (χ1v) is 6.90. The monoisotopic (exact) mass is 273 g/mol. The lowest BCUT2D eigenvalue weighted by Gasteiger charge is -2.26. The molecule has 2 rings (SSSR count). The van der Waals surface area contributed by atoms with Crippen molar-refractivity contribution >= 4 is 27.3 Å². The van der Waals surface area contributed by atoms with Crippen LogP contribution in [0.5, 0.6) is 0 Å². The highest BCUT2D eigenvalue weighted by molar-refractivity contribution is 9.10. The van der Waals surface area contributed by atoms with Crippen LogP contribution < -0.4 is 5.73 Å². The summed E-state index contributed by atoms with van der Waals surface area (Å²) in [6.07, 6.45) is 6.35. The van der Waals surface area contributed by atoms with Crippen LogP contribution >= 0.6 is 27.3 Å². The zero-order valence-electron chi connectivity index (χ0n) is 8.21. The van der Waals surface area contributed by atoms with Crippen LogP contribution in [-0.4, -0.2) is 6.04 Å². The molecule has 0 aliphatic heterocycles. The Balaban J connectivity index is 1.90. The van der Waals surface area contributed by atoms with Gasteiger partial charge in [0.15, 0.2) is 0 Å². The summed E-state index contributed by atoms with van der Waals surface area (Å²) in [5, 5.41) is 2.16. The first kappa shape index (κ1) is 10.7. The first-order chi connectivity index (χ1) is 6.74. The van der Waals surface area contributed by atoms with Crippen molar-refractivity contribution < 1.29 is 0 Å². The van der Waals surface area contributed by atoms with E-state index in [0.717, 1.165) is 5.92 Å². The van der Waals surface area contributed by atoms with Crippen molar-refractivity contribution in [3.63, 3.8) is 0 Å². The van der Waals surface area contributed by atoms with Crippen LogP contribution in [0.1, 0.15) is 30.6 Å². The van der Waals surface area contributed by atoms with Gasteiger partial charge in [0, 0.05) is 20.8 Å². The van der Waals surface area contributed by atoms with Gasteiger partial charge in [0.25, 0.3) is 0 Å². The van der Waals surface area contributed by atoms with Gasteiger partial charge in [-0.3, -0.25) is 0 Å². The quantitative estimate of drug-likeness (QED) is 0.876. The lowest BCUT2D eigenvalue weighted by molar-refractivity contribution is 0.322. The van der Waals surface area contributed by atoms with Crippen LogP contribution in [0.4, 0.5) is 0 Å². The Morgan fingerprint density at radius 3 is 3.00 bits per heavy atom. The van der Waals surface area contributed by atoms with Gasteiger partial charge >= 0.3 is 0 Å². The van der Waals surface area contributed by atoms with Crippen molar-refractivity contribution in [3.8, 4) is 0 Å². The molecule has 1 aliphatic rings. The number of rotatable bonds is 2. The molecule has 1 saturated carbocycles. The Hall–Kier alpha value is 0.140. The lowest BCUT2D eigenvalue weighted by atomic mass is 9.84. The molecular weight excluding hydrogens is 258 g/mol. The van der Waals surface area contributed by atoms with E-state index in [0.29, 0.717) is 6.04 Å². The Bertz CT molecular complexity index is 297. The molecule has 3 heteroatoms. The fourth-order valence-electron chi connectivity index (χ4n) is 2.26. The fraction of sp³-hybridized carbons (Fsp3) is 0.636. The third-order valence-electron chi connectivity index (χ3n) is 2.93. The average molecular weight is 274 g/mol. The van der Waals surface area contributed by atoms with E-state index < -0.39 is 0 Å². The van der Waals surface area contributed by atoms with Gasteiger partial charge in [-0.1, -0.05) is 6.42 Å². The summed E-state index contributed by atoms with van der Waals surface area (Å²) in [6.45, 7) is 0. The third kappa shape index (κ3) is 2.81. The van der Waals surface area contributed by atoms with Crippen LogP contribution in [0, 0.1) is 5.92 Å². The van der Waals surface area contributed by atoms with E-state index in [1.807, 2.05) is 11.3 Å². The minimum absolute atomic E-state index is 0.456. The smallest absolute Gasteiger partial charge is 0.0285 e. The Morgan fingerprint density at radius 2 is 2.36 bits per heavy atom. The summed E-state index contributed by atoms with van der Waals surface area (Å²) in [7, 11) is 0. The van der Waals surface area contributed by atoms with Gasteiger partial charge in [0.1, 0.15) is 0 Å². The summed E-state index contributed by atoms with van der Waals surface area (Å²) >= 11 is 5.35. The minimum Gasteiger partial charge on any atom is -0.328 e. The number of hydrogen-bond acceptors (Lipinski definition) is 2. The van der Waals surface area contributed by atoms with Gasteiger partial charge in [0.05, 0.1) is 0 Å². The largest absolute Gasteiger partial charge is 0.328 e. The SMILES string of the molecule is NC1CCCC(Cc2cc(Br)cs2)C1. The molecule has 1 fully saturated rings. The normalized spacial score (nSPS) is 27.9. The molecule has 2 unspecified atom stereocenters. The number of thiophene rings is 1. The van der Waals surface area contributed by atoms with Crippen LogP contribution in [0.2, 0.25) is 0 Å². The molecule has 1 nitrogen and oxygen atoms in total. The first-order valence-electron chi connectivity index (χ1n) is 5.22. The minimum atomic E-state index is 0.456. The molecule has 1 aromatic heterocycles. The lowest BCUT2D eigenvalue weighted by Crippen LogP contribution is -2.28. The van der Waals surface area contributed by atoms with Gasteiger partial charge < -0.3 is 5.73 Å². The zero-order chi connectivity index (χ0) is 9.97. The summed E-state index contributed by atoms with van der Waals surface area (Å²) < 4.78 is 1.22. The maximum atomic E-state index is 5.98. The third-order valence-corrected chi connectivity index (χ3v) is 4.65. The molecule has 0 amide bonds. The number of halogens is 1. The molecule has 0 spiro atoms. The second kappa shape index (κ2) is 4.77. The van der Waals surface area contributed by atoms with Crippen molar-refractivity contribution in [1.29, 1.82) is 0 Å². The molecule has 0 saturated heterocycles. The Morgan fingerprint density at radius 1 is 1.50 bits per heavy atom. The van der Waals surface area contributed by atoms with E-state index in [4.69, 9.17) is 5.73 Å². The standard InChI is InChI=1S/C11H16BrNS/c12-9-6-11(14-7-9)5-8-2-1-3-10(13)4-8/h6-8,10H,1-5,13H2. The van der Waals surface area contributed by atoms with Crippen molar-refractivity contribution in [1.82, 2.24) is 0 Å². The van der Waals surface area contributed by atoms with Gasteiger partial charge in [-0.25, -0.2) is 0 Å². The Kier molecular flexibility index (Phi) is 3.63. The molecule has 1 aromatic rings. The molecule has 0 bridgehead atoms. The Labute approximate surface area is 97.8 Å².